The number of aromatic nitrogens is 3. The summed E-state index contributed by atoms with van der Waals surface area (Å²) in [7, 11) is 0. The zero-order valence-electron chi connectivity index (χ0n) is 20.1. The summed E-state index contributed by atoms with van der Waals surface area (Å²) in [6, 6.07) is 9.93. The molecule has 36 heavy (non-hydrogen) atoms. The van der Waals surface area contributed by atoms with Gasteiger partial charge in [-0.1, -0.05) is 26.0 Å². The lowest BCUT2D eigenvalue weighted by molar-refractivity contribution is -0.131. The molecule has 3 aromatic heterocycles. The number of fused-ring (bicyclic) bond motifs is 1. The summed E-state index contributed by atoms with van der Waals surface area (Å²) in [5, 5.41) is 15.4. The average Bonchev–Trinajstić information content (AvgIpc) is 3.33. The van der Waals surface area contributed by atoms with Crippen LogP contribution in [-0.4, -0.2) is 32.0 Å². The predicted octanol–water partition coefficient (Wildman–Crippen LogP) is 4.95. The quantitative estimate of drug-likeness (QED) is 0.296. The molecule has 186 valence electrons. The molecule has 9 heteroatoms. The predicted molar refractivity (Wildman–Crippen MR) is 140 cm³/mol. The van der Waals surface area contributed by atoms with Gasteiger partial charge in [0.1, 0.15) is 17.3 Å². The first kappa shape index (κ1) is 25.2. The molecule has 0 unspecified atom stereocenters. The molecule has 1 aromatic carbocycles. The first-order valence-electron chi connectivity index (χ1n) is 11.7. The fourth-order valence-electron chi connectivity index (χ4n) is 3.72. The third-order valence-corrected chi connectivity index (χ3v) is 6.66. The highest BCUT2D eigenvalue weighted by Crippen LogP contribution is 2.20. The van der Waals surface area contributed by atoms with Crippen LogP contribution in [0.2, 0.25) is 0 Å². The minimum absolute atomic E-state index is 0.158. The zero-order valence-corrected chi connectivity index (χ0v) is 20.9. The Kier molecular flexibility index (Phi) is 7.90. The maximum atomic E-state index is 13.2. The van der Waals surface area contributed by atoms with Crippen LogP contribution in [0.3, 0.4) is 0 Å². The topological polar surface area (TPSA) is 96.6 Å². The van der Waals surface area contributed by atoms with E-state index in [1.165, 1.54) is 22.6 Å². The molecule has 0 spiro atoms. The second-order valence-electron chi connectivity index (χ2n) is 8.74. The lowest BCUT2D eigenvalue weighted by Crippen LogP contribution is -2.21. The van der Waals surface area contributed by atoms with Gasteiger partial charge in [-0.15, -0.1) is 11.3 Å². The molecule has 0 bridgehead atoms. The molecule has 0 saturated carbocycles. The van der Waals surface area contributed by atoms with E-state index in [1.54, 1.807) is 29.7 Å². The summed E-state index contributed by atoms with van der Waals surface area (Å²) in [4.78, 5) is 33.6. The zero-order chi connectivity index (χ0) is 25.7. The molecule has 2 N–H and O–H groups in total. The van der Waals surface area contributed by atoms with Crippen LogP contribution in [0.5, 0.6) is 0 Å². The van der Waals surface area contributed by atoms with Gasteiger partial charge in [0.25, 0.3) is 5.56 Å². The van der Waals surface area contributed by atoms with Crippen molar-refractivity contribution in [3.8, 4) is 0 Å². The third-order valence-electron chi connectivity index (χ3n) is 5.73. The van der Waals surface area contributed by atoms with Gasteiger partial charge in [0.05, 0.1) is 16.3 Å². The maximum absolute atomic E-state index is 13.2. The van der Waals surface area contributed by atoms with Gasteiger partial charge in [0.2, 0.25) is 0 Å². The van der Waals surface area contributed by atoms with E-state index in [4.69, 9.17) is 5.11 Å². The summed E-state index contributed by atoms with van der Waals surface area (Å²) < 4.78 is 14.6. The van der Waals surface area contributed by atoms with Crippen LogP contribution in [0.4, 0.5) is 10.2 Å². The van der Waals surface area contributed by atoms with Crippen LogP contribution in [-0.2, 0) is 24.1 Å². The number of benzene rings is 1. The second kappa shape index (κ2) is 11.3. The van der Waals surface area contributed by atoms with E-state index in [2.05, 4.69) is 34.5 Å². The minimum atomic E-state index is -1.16. The highest BCUT2D eigenvalue weighted by molar-refractivity contribution is 7.09. The highest BCUT2D eigenvalue weighted by Gasteiger charge is 2.12. The number of thiazole rings is 1. The Balaban J connectivity index is 1.58. The monoisotopic (exact) mass is 506 g/mol. The van der Waals surface area contributed by atoms with E-state index in [0.29, 0.717) is 30.3 Å². The largest absolute Gasteiger partial charge is 0.478 e. The molecule has 0 saturated heterocycles. The van der Waals surface area contributed by atoms with Gasteiger partial charge < -0.3 is 10.4 Å². The van der Waals surface area contributed by atoms with Crippen LogP contribution in [0.25, 0.3) is 11.7 Å². The van der Waals surface area contributed by atoms with Crippen LogP contribution in [0.15, 0.2) is 58.8 Å². The molecule has 0 aliphatic rings. The van der Waals surface area contributed by atoms with E-state index in [1.807, 2.05) is 12.1 Å². The number of aryl methyl sites for hydroxylation is 2. The van der Waals surface area contributed by atoms with E-state index in [-0.39, 0.29) is 16.9 Å². The lowest BCUT2D eigenvalue weighted by Gasteiger charge is -2.12. The van der Waals surface area contributed by atoms with Crippen molar-refractivity contribution < 1.29 is 14.3 Å². The third kappa shape index (κ3) is 6.23. The Morgan fingerprint density at radius 3 is 2.61 bits per heavy atom. The molecule has 7 nitrogen and oxygen atoms in total. The van der Waals surface area contributed by atoms with Gasteiger partial charge in [-0.2, -0.15) is 0 Å². The summed E-state index contributed by atoms with van der Waals surface area (Å²) in [6.45, 7) is 4.68. The molecular formula is C27H27FN4O3S. The van der Waals surface area contributed by atoms with Crippen molar-refractivity contribution in [2.45, 2.75) is 39.0 Å². The minimum Gasteiger partial charge on any atom is -0.478 e. The summed E-state index contributed by atoms with van der Waals surface area (Å²) in [6.07, 6.45) is 5.97. The van der Waals surface area contributed by atoms with Gasteiger partial charge in [0, 0.05) is 30.6 Å². The fourth-order valence-corrected chi connectivity index (χ4v) is 4.68. The van der Waals surface area contributed by atoms with Crippen molar-refractivity contribution in [3.05, 3.63) is 97.6 Å². The molecule has 0 amide bonds. The average molecular weight is 507 g/mol. The van der Waals surface area contributed by atoms with Gasteiger partial charge in [-0.3, -0.25) is 9.20 Å². The number of carbonyl (C=O) groups is 1. The SMILES string of the molecule is CC(C)c1csc(CCc2ccn3c(=O)c(/C=C/C(=O)O)c(NCCc4ccc(F)cc4)nc3c2)n1. The number of anilines is 1. The van der Waals surface area contributed by atoms with Crippen molar-refractivity contribution in [3.63, 3.8) is 0 Å². The Bertz CT molecular complexity index is 1460. The molecule has 0 radical (unpaired) electrons. The van der Waals surface area contributed by atoms with Gasteiger partial charge >= 0.3 is 5.97 Å². The molecule has 4 aromatic rings. The maximum Gasteiger partial charge on any atom is 0.328 e. The van der Waals surface area contributed by atoms with Gasteiger partial charge in [-0.05, 0) is 60.2 Å². The molecular weight excluding hydrogens is 479 g/mol. The number of aliphatic carboxylic acids is 1. The first-order valence-corrected chi connectivity index (χ1v) is 12.6. The van der Waals surface area contributed by atoms with Crippen molar-refractivity contribution >= 4 is 34.8 Å². The van der Waals surface area contributed by atoms with Crippen molar-refractivity contribution in [1.82, 2.24) is 14.4 Å². The van der Waals surface area contributed by atoms with Gasteiger partial charge in [-0.25, -0.2) is 19.2 Å². The van der Waals surface area contributed by atoms with Crippen molar-refractivity contribution in [2.24, 2.45) is 0 Å². The van der Waals surface area contributed by atoms with E-state index >= 15 is 0 Å². The number of nitrogens with one attached hydrogen (secondary N) is 1. The number of hydrogen-bond donors (Lipinski definition) is 2. The number of pyridine rings is 1. The lowest BCUT2D eigenvalue weighted by atomic mass is 10.1. The van der Waals surface area contributed by atoms with Crippen LogP contribution >= 0.6 is 11.3 Å². The normalized spacial score (nSPS) is 11.6. The van der Waals surface area contributed by atoms with Crippen LogP contribution in [0, 0.1) is 5.82 Å². The molecule has 4 rings (SSSR count). The summed E-state index contributed by atoms with van der Waals surface area (Å²) >= 11 is 1.66. The summed E-state index contributed by atoms with van der Waals surface area (Å²) in [5.74, 6) is -0.763. The van der Waals surface area contributed by atoms with E-state index < -0.39 is 5.97 Å². The number of nitrogens with zero attached hydrogens (tertiary/aromatic N) is 3. The van der Waals surface area contributed by atoms with E-state index in [0.717, 1.165) is 40.7 Å². The Labute approximate surface area is 212 Å². The number of rotatable bonds is 10. The molecule has 0 atom stereocenters. The first-order chi connectivity index (χ1) is 17.3. The summed E-state index contributed by atoms with van der Waals surface area (Å²) in [5.41, 5.74) is 3.31. The number of carboxylic acid groups (broad SMARTS) is 1. The standard InChI is InChI=1S/C27H27FN4O3S/c1-17(2)22-16-36-24(30-22)9-5-19-12-14-32-23(15-19)31-26(21(27(32)35)8-10-25(33)34)29-13-11-18-3-6-20(28)7-4-18/h3-4,6-8,10,12,14-17,29H,5,9,11,13H2,1-2H3,(H,33,34)/b10-8+. The van der Waals surface area contributed by atoms with E-state index in [9.17, 15) is 14.0 Å². The molecule has 0 fully saturated rings. The number of hydrogen-bond acceptors (Lipinski definition) is 6. The molecule has 0 aliphatic carbocycles. The van der Waals surface area contributed by atoms with Crippen molar-refractivity contribution in [2.75, 3.05) is 11.9 Å². The Morgan fingerprint density at radius 2 is 1.92 bits per heavy atom. The Morgan fingerprint density at radius 1 is 1.14 bits per heavy atom. The smallest absolute Gasteiger partial charge is 0.328 e. The fraction of sp³-hybridized carbons (Fsp3) is 0.259. The second-order valence-corrected chi connectivity index (χ2v) is 9.68. The highest BCUT2D eigenvalue weighted by atomic mass is 32.1. The molecule has 0 aliphatic heterocycles. The number of carboxylic acids is 1. The Hall–Kier alpha value is -3.85. The van der Waals surface area contributed by atoms with Gasteiger partial charge in [0.15, 0.2) is 0 Å². The van der Waals surface area contributed by atoms with Crippen LogP contribution < -0.4 is 10.9 Å². The van der Waals surface area contributed by atoms with Crippen molar-refractivity contribution in [1.29, 1.82) is 0 Å². The molecule has 3 heterocycles. The van der Waals surface area contributed by atoms with Crippen LogP contribution in [0.1, 0.15) is 47.2 Å². The number of halogens is 1.